The maximum Gasteiger partial charge on any atom is 0.319 e. The molecule has 2 N–H and O–H groups in total. The molecule has 110 valence electrons. The molecule has 0 aromatic heterocycles. The lowest BCUT2D eigenvalue weighted by molar-refractivity contribution is 0.249. The van der Waals surface area contributed by atoms with Crippen molar-refractivity contribution in [2.45, 2.75) is 13.0 Å². The number of carbonyl (C=O) groups is 1. The van der Waals surface area contributed by atoms with E-state index in [1.165, 1.54) is 0 Å². The monoisotopic (exact) mass is 310 g/mol. The minimum atomic E-state index is -0.711. The molecule has 0 spiro atoms. The fraction of sp³-hybridized carbons (Fsp3) is 0.133. The third-order valence-corrected chi connectivity index (χ3v) is 3.24. The third-order valence-electron chi connectivity index (χ3n) is 2.90. The molecule has 2 aromatic rings. The first kappa shape index (κ1) is 15.3. The van der Waals surface area contributed by atoms with Gasteiger partial charge in [-0.1, -0.05) is 29.8 Å². The molecule has 6 heteroatoms. The molecule has 21 heavy (non-hydrogen) atoms. The molecule has 2 aromatic carbocycles. The van der Waals surface area contributed by atoms with Gasteiger partial charge in [0.2, 0.25) is 0 Å². The van der Waals surface area contributed by atoms with Crippen molar-refractivity contribution in [3.8, 4) is 0 Å². The van der Waals surface area contributed by atoms with Gasteiger partial charge in [0.25, 0.3) is 0 Å². The van der Waals surface area contributed by atoms with E-state index in [-0.39, 0.29) is 11.7 Å². The standard InChI is InChI=1S/C15H13ClF2N2O/c1-9(11-4-2-3-5-12(11)16)19-15(21)20-14-8-10(17)6-7-13(14)18/h2-9H,1H3,(H2,19,20,21)/t9-/m1/s1. The Morgan fingerprint density at radius 2 is 1.90 bits per heavy atom. The number of rotatable bonds is 3. The van der Waals surface area contributed by atoms with Gasteiger partial charge in [-0.25, -0.2) is 13.6 Å². The van der Waals surface area contributed by atoms with Gasteiger partial charge in [-0.15, -0.1) is 0 Å². The first-order valence-electron chi connectivity index (χ1n) is 6.24. The Hall–Kier alpha value is -2.14. The van der Waals surface area contributed by atoms with Crippen molar-refractivity contribution >= 4 is 23.3 Å². The number of hydrogen-bond acceptors (Lipinski definition) is 1. The number of anilines is 1. The quantitative estimate of drug-likeness (QED) is 0.861. The highest BCUT2D eigenvalue weighted by Crippen LogP contribution is 2.22. The molecule has 0 saturated carbocycles. The van der Waals surface area contributed by atoms with Gasteiger partial charge >= 0.3 is 6.03 Å². The molecule has 0 radical (unpaired) electrons. The van der Waals surface area contributed by atoms with Gasteiger partial charge < -0.3 is 10.6 Å². The normalized spacial score (nSPS) is 11.8. The summed E-state index contributed by atoms with van der Waals surface area (Å²) in [5, 5.41) is 5.39. The summed E-state index contributed by atoms with van der Waals surface area (Å²) < 4.78 is 26.4. The van der Waals surface area contributed by atoms with Crippen LogP contribution in [0, 0.1) is 11.6 Å². The van der Waals surface area contributed by atoms with Crippen molar-refractivity contribution in [1.82, 2.24) is 5.32 Å². The van der Waals surface area contributed by atoms with Crippen LogP contribution in [0.5, 0.6) is 0 Å². The topological polar surface area (TPSA) is 41.1 Å². The molecule has 2 amide bonds. The zero-order chi connectivity index (χ0) is 15.4. The summed E-state index contributed by atoms with van der Waals surface area (Å²) in [6.45, 7) is 1.74. The first-order valence-corrected chi connectivity index (χ1v) is 6.62. The van der Waals surface area contributed by atoms with E-state index in [2.05, 4.69) is 10.6 Å². The minimum absolute atomic E-state index is 0.223. The number of halogens is 3. The summed E-state index contributed by atoms with van der Waals surface area (Å²) in [5.41, 5.74) is 0.507. The van der Waals surface area contributed by atoms with Crippen LogP contribution in [0.3, 0.4) is 0 Å². The molecule has 0 aliphatic heterocycles. The second-order valence-electron chi connectivity index (χ2n) is 4.47. The summed E-state index contributed by atoms with van der Waals surface area (Å²) in [6.07, 6.45) is 0. The van der Waals surface area contributed by atoms with Gasteiger partial charge in [0.05, 0.1) is 11.7 Å². The molecule has 0 heterocycles. The lowest BCUT2D eigenvalue weighted by Crippen LogP contribution is -2.31. The second kappa shape index (κ2) is 6.54. The lowest BCUT2D eigenvalue weighted by atomic mass is 10.1. The van der Waals surface area contributed by atoms with Crippen LogP contribution in [-0.4, -0.2) is 6.03 Å². The molecular weight excluding hydrogens is 298 g/mol. The van der Waals surface area contributed by atoms with Crippen LogP contribution in [0.25, 0.3) is 0 Å². The Labute approximate surface area is 125 Å². The van der Waals surface area contributed by atoms with Gasteiger partial charge in [-0.2, -0.15) is 0 Å². The van der Waals surface area contributed by atoms with Gasteiger partial charge in [0.1, 0.15) is 11.6 Å². The summed E-state index contributed by atoms with van der Waals surface area (Å²) in [4.78, 5) is 11.8. The molecule has 0 unspecified atom stereocenters. The first-order chi connectivity index (χ1) is 9.97. The van der Waals surface area contributed by atoms with E-state index in [4.69, 9.17) is 11.6 Å². The van der Waals surface area contributed by atoms with E-state index in [1.54, 1.807) is 31.2 Å². The van der Waals surface area contributed by atoms with Crippen molar-refractivity contribution in [2.24, 2.45) is 0 Å². The number of carbonyl (C=O) groups excluding carboxylic acids is 1. The number of amides is 2. The van der Waals surface area contributed by atoms with Gasteiger partial charge in [0, 0.05) is 11.1 Å². The Morgan fingerprint density at radius 1 is 1.19 bits per heavy atom. The largest absolute Gasteiger partial charge is 0.331 e. The van der Waals surface area contributed by atoms with Crippen LogP contribution in [0.15, 0.2) is 42.5 Å². The maximum absolute atomic E-state index is 13.4. The zero-order valence-electron chi connectivity index (χ0n) is 11.2. The Balaban J connectivity index is 2.05. The molecule has 0 fully saturated rings. The average molecular weight is 311 g/mol. The van der Waals surface area contributed by atoms with E-state index in [1.807, 2.05) is 0 Å². The molecule has 0 aliphatic carbocycles. The lowest BCUT2D eigenvalue weighted by Gasteiger charge is -2.16. The van der Waals surface area contributed by atoms with Gasteiger partial charge in [0.15, 0.2) is 0 Å². The number of nitrogens with one attached hydrogen (secondary N) is 2. The average Bonchev–Trinajstić information content (AvgIpc) is 2.43. The van der Waals surface area contributed by atoms with Crippen LogP contribution in [-0.2, 0) is 0 Å². The summed E-state index contributed by atoms with van der Waals surface area (Å²) in [7, 11) is 0. The van der Waals surface area contributed by atoms with E-state index in [0.717, 1.165) is 23.8 Å². The molecule has 0 aliphatic rings. The number of hydrogen-bond donors (Lipinski definition) is 2. The van der Waals surface area contributed by atoms with Crippen molar-refractivity contribution in [3.05, 3.63) is 64.7 Å². The zero-order valence-corrected chi connectivity index (χ0v) is 11.9. The van der Waals surface area contributed by atoms with Crippen molar-refractivity contribution in [2.75, 3.05) is 5.32 Å². The predicted octanol–water partition coefficient (Wildman–Crippen LogP) is 4.50. The summed E-state index contributed by atoms with van der Waals surface area (Å²) >= 11 is 6.03. The molecule has 2 rings (SSSR count). The van der Waals surface area contributed by atoms with Crippen molar-refractivity contribution < 1.29 is 13.6 Å². The van der Waals surface area contributed by atoms with Gasteiger partial charge in [-0.05, 0) is 30.7 Å². The van der Waals surface area contributed by atoms with Crippen LogP contribution >= 0.6 is 11.6 Å². The van der Waals surface area contributed by atoms with Crippen LogP contribution in [0.4, 0.5) is 19.3 Å². The van der Waals surface area contributed by atoms with Crippen LogP contribution in [0.2, 0.25) is 5.02 Å². The number of benzene rings is 2. The summed E-state index contributed by atoms with van der Waals surface area (Å²) in [5.74, 6) is -1.34. The Kier molecular flexibility index (Phi) is 4.75. The molecule has 0 bridgehead atoms. The molecular formula is C15H13ClF2N2O. The molecule has 3 nitrogen and oxygen atoms in total. The highest BCUT2D eigenvalue weighted by atomic mass is 35.5. The van der Waals surface area contributed by atoms with E-state index < -0.39 is 17.7 Å². The highest BCUT2D eigenvalue weighted by molar-refractivity contribution is 6.31. The fourth-order valence-corrected chi connectivity index (χ4v) is 2.15. The minimum Gasteiger partial charge on any atom is -0.331 e. The molecule has 1 atom stereocenters. The van der Waals surface area contributed by atoms with E-state index in [9.17, 15) is 13.6 Å². The van der Waals surface area contributed by atoms with Gasteiger partial charge in [-0.3, -0.25) is 0 Å². The van der Waals surface area contributed by atoms with E-state index in [0.29, 0.717) is 5.02 Å². The highest BCUT2D eigenvalue weighted by Gasteiger charge is 2.13. The van der Waals surface area contributed by atoms with Crippen LogP contribution in [0.1, 0.15) is 18.5 Å². The third kappa shape index (κ3) is 3.92. The Bertz CT molecular complexity index is 664. The summed E-state index contributed by atoms with van der Waals surface area (Å²) in [6, 6.07) is 8.87. The number of urea groups is 1. The maximum atomic E-state index is 13.4. The SMILES string of the molecule is C[C@@H](NC(=O)Nc1cc(F)ccc1F)c1ccccc1Cl. The fourth-order valence-electron chi connectivity index (χ4n) is 1.85. The smallest absolute Gasteiger partial charge is 0.319 e. The predicted molar refractivity (Wildman–Crippen MR) is 78.4 cm³/mol. The molecule has 0 saturated heterocycles. The van der Waals surface area contributed by atoms with Crippen molar-refractivity contribution in [3.63, 3.8) is 0 Å². The van der Waals surface area contributed by atoms with Crippen molar-refractivity contribution in [1.29, 1.82) is 0 Å². The van der Waals surface area contributed by atoms with E-state index >= 15 is 0 Å². The van der Waals surface area contributed by atoms with Crippen LogP contribution < -0.4 is 10.6 Å². The second-order valence-corrected chi connectivity index (χ2v) is 4.87. The Morgan fingerprint density at radius 3 is 2.62 bits per heavy atom.